The van der Waals surface area contributed by atoms with Gasteiger partial charge in [-0.05, 0) is 31.0 Å². The Balaban J connectivity index is 1.68. The summed E-state index contributed by atoms with van der Waals surface area (Å²) in [6.07, 6.45) is 0.756. The molecule has 0 saturated carbocycles. The summed E-state index contributed by atoms with van der Waals surface area (Å²) in [5.41, 5.74) is 4.31. The first-order valence-electron chi connectivity index (χ1n) is 11.6. The van der Waals surface area contributed by atoms with Gasteiger partial charge in [-0.3, -0.25) is 0 Å². The lowest BCUT2D eigenvalue weighted by Crippen LogP contribution is -2.13. The van der Waals surface area contributed by atoms with Gasteiger partial charge in [-0.15, -0.1) is 0 Å². The molecule has 172 valence electrons. The van der Waals surface area contributed by atoms with Crippen molar-refractivity contribution in [3.8, 4) is 34.4 Å². The van der Waals surface area contributed by atoms with Crippen LogP contribution in [0.25, 0.3) is 33.5 Å². The molecule has 6 heteroatoms. The van der Waals surface area contributed by atoms with Crippen molar-refractivity contribution in [1.82, 2.24) is 9.97 Å². The predicted octanol–water partition coefficient (Wildman–Crippen LogP) is 7.35. The Kier molecular flexibility index (Phi) is 6.15. The summed E-state index contributed by atoms with van der Waals surface area (Å²) in [5, 5.41) is 13.4. The number of anilines is 2. The zero-order valence-electron chi connectivity index (χ0n) is 19.5. The number of rotatable bonds is 7. The number of nitrogens with zero attached hydrogens (tertiary/aromatic N) is 3. The van der Waals surface area contributed by atoms with E-state index in [1.165, 1.54) is 0 Å². The van der Waals surface area contributed by atoms with E-state index in [1.54, 1.807) is 0 Å². The molecule has 0 aliphatic carbocycles. The summed E-state index contributed by atoms with van der Waals surface area (Å²) >= 11 is 0. The smallest absolute Gasteiger partial charge is 0.258 e. The third kappa shape index (κ3) is 4.44. The molecule has 0 amide bonds. The number of fused-ring (bicyclic) bond motifs is 1. The van der Waals surface area contributed by atoms with Crippen LogP contribution in [0.5, 0.6) is 5.88 Å². The van der Waals surface area contributed by atoms with Crippen LogP contribution in [0.15, 0.2) is 89.3 Å². The lowest BCUT2D eigenvalue weighted by Gasteiger charge is -2.15. The van der Waals surface area contributed by atoms with Gasteiger partial charge in [0, 0.05) is 11.1 Å². The Morgan fingerprint density at radius 3 is 2.11 bits per heavy atom. The first-order valence-corrected chi connectivity index (χ1v) is 11.6. The molecule has 35 heavy (non-hydrogen) atoms. The number of para-hydroxylation sites is 2. The highest BCUT2D eigenvalue weighted by molar-refractivity contribution is 5.89. The van der Waals surface area contributed by atoms with Crippen LogP contribution in [0.2, 0.25) is 0 Å². The second-order valence-corrected chi connectivity index (χ2v) is 8.18. The molecular formula is C29H24N4O2. The molecule has 2 aromatic heterocycles. The van der Waals surface area contributed by atoms with Crippen molar-refractivity contribution in [2.45, 2.75) is 26.4 Å². The predicted molar refractivity (Wildman–Crippen MR) is 137 cm³/mol. The molecule has 0 spiro atoms. The quantitative estimate of drug-likeness (QED) is 0.273. The SMILES string of the molecule is CC[C@H](C)Oc1nc2ccccc2nc1Nc1oc(-c2ccccc2)c(-c2ccccc2)c1C#N. The molecule has 0 fully saturated rings. The van der Waals surface area contributed by atoms with Crippen LogP contribution >= 0.6 is 0 Å². The van der Waals surface area contributed by atoms with Crippen LogP contribution in [0.1, 0.15) is 25.8 Å². The molecule has 5 aromatic rings. The molecule has 1 atom stereocenters. The van der Waals surface area contributed by atoms with Gasteiger partial charge in [-0.2, -0.15) is 5.26 Å². The molecule has 2 heterocycles. The third-order valence-electron chi connectivity index (χ3n) is 5.78. The second kappa shape index (κ2) is 9.70. The Hall–Kier alpha value is -4.63. The summed E-state index contributed by atoms with van der Waals surface area (Å²) < 4.78 is 12.4. The second-order valence-electron chi connectivity index (χ2n) is 8.18. The van der Waals surface area contributed by atoms with Gasteiger partial charge in [0.05, 0.1) is 17.1 Å². The lowest BCUT2D eigenvalue weighted by molar-refractivity contribution is 0.210. The monoisotopic (exact) mass is 460 g/mol. The molecule has 0 saturated heterocycles. The minimum absolute atomic E-state index is 0.0576. The van der Waals surface area contributed by atoms with E-state index in [4.69, 9.17) is 14.1 Å². The Bertz CT molecular complexity index is 1510. The molecule has 0 unspecified atom stereocenters. The van der Waals surface area contributed by atoms with Crippen molar-refractivity contribution in [3.63, 3.8) is 0 Å². The van der Waals surface area contributed by atoms with Crippen molar-refractivity contribution >= 4 is 22.7 Å². The maximum atomic E-state index is 10.2. The summed E-state index contributed by atoms with van der Waals surface area (Å²) in [7, 11) is 0. The highest BCUT2D eigenvalue weighted by Gasteiger charge is 2.25. The van der Waals surface area contributed by atoms with E-state index in [0.717, 1.165) is 28.6 Å². The largest absolute Gasteiger partial charge is 0.472 e. The number of nitriles is 1. The maximum Gasteiger partial charge on any atom is 0.258 e. The average Bonchev–Trinajstić information content (AvgIpc) is 3.28. The van der Waals surface area contributed by atoms with E-state index in [-0.39, 0.29) is 6.10 Å². The maximum absolute atomic E-state index is 10.2. The topological polar surface area (TPSA) is 84.0 Å². The number of furan rings is 1. The molecule has 0 bridgehead atoms. The number of benzene rings is 3. The summed E-state index contributed by atoms with van der Waals surface area (Å²) in [5.74, 6) is 1.66. The highest BCUT2D eigenvalue weighted by Crippen LogP contribution is 2.42. The fourth-order valence-electron chi connectivity index (χ4n) is 3.83. The van der Waals surface area contributed by atoms with Gasteiger partial charge >= 0.3 is 0 Å². The lowest BCUT2D eigenvalue weighted by atomic mass is 9.98. The number of nitrogens with one attached hydrogen (secondary N) is 1. The molecule has 3 aromatic carbocycles. The van der Waals surface area contributed by atoms with Crippen LogP contribution < -0.4 is 10.1 Å². The summed E-state index contributed by atoms with van der Waals surface area (Å²) in [6, 6.07) is 29.5. The molecular weight excluding hydrogens is 436 g/mol. The van der Waals surface area contributed by atoms with Gasteiger partial charge in [0.15, 0.2) is 5.82 Å². The summed E-state index contributed by atoms with van der Waals surface area (Å²) in [6.45, 7) is 4.03. The minimum Gasteiger partial charge on any atom is -0.472 e. The number of hydrogen-bond acceptors (Lipinski definition) is 6. The fourth-order valence-corrected chi connectivity index (χ4v) is 3.83. The van der Waals surface area contributed by atoms with Crippen LogP contribution in [-0.2, 0) is 0 Å². The molecule has 0 aliphatic heterocycles. The zero-order chi connectivity index (χ0) is 24.2. The van der Waals surface area contributed by atoms with Crippen LogP contribution in [0.3, 0.4) is 0 Å². The van der Waals surface area contributed by atoms with E-state index in [1.807, 2.05) is 98.8 Å². The van der Waals surface area contributed by atoms with Crippen LogP contribution in [0.4, 0.5) is 11.7 Å². The third-order valence-corrected chi connectivity index (χ3v) is 5.78. The molecule has 5 rings (SSSR count). The van der Waals surface area contributed by atoms with Crippen LogP contribution in [-0.4, -0.2) is 16.1 Å². The van der Waals surface area contributed by atoms with Crippen molar-refractivity contribution in [1.29, 1.82) is 5.26 Å². The average molecular weight is 461 g/mol. The van der Waals surface area contributed by atoms with Gasteiger partial charge in [0.2, 0.25) is 5.88 Å². The minimum atomic E-state index is -0.0576. The van der Waals surface area contributed by atoms with E-state index in [0.29, 0.717) is 34.4 Å². The first-order chi connectivity index (χ1) is 17.2. The Labute approximate surface area is 203 Å². The molecule has 6 nitrogen and oxygen atoms in total. The van der Waals surface area contributed by atoms with E-state index >= 15 is 0 Å². The van der Waals surface area contributed by atoms with Crippen molar-refractivity contribution in [3.05, 3.63) is 90.5 Å². The van der Waals surface area contributed by atoms with Crippen molar-refractivity contribution in [2.24, 2.45) is 0 Å². The molecule has 0 radical (unpaired) electrons. The van der Waals surface area contributed by atoms with Gasteiger partial charge in [-0.25, -0.2) is 9.97 Å². The normalized spacial score (nSPS) is 11.7. The van der Waals surface area contributed by atoms with Gasteiger partial charge in [0.1, 0.15) is 17.4 Å². The van der Waals surface area contributed by atoms with Gasteiger partial charge < -0.3 is 14.5 Å². The number of ether oxygens (including phenoxy) is 1. The highest BCUT2D eigenvalue weighted by atomic mass is 16.5. The number of hydrogen-bond donors (Lipinski definition) is 1. The standard InChI is InChI=1S/C29H24N4O2/c1-3-19(2)34-29-27(31-23-16-10-11-17-24(23)32-29)33-28-22(18-30)25(20-12-6-4-7-13-20)26(35-28)21-14-8-5-9-15-21/h4-17,19H,3H2,1-2H3,(H,31,33)/t19-/m0/s1. The molecule has 0 aliphatic rings. The van der Waals surface area contributed by atoms with Crippen molar-refractivity contribution < 1.29 is 9.15 Å². The number of aromatic nitrogens is 2. The van der Waals surface area contributed by atoms with E-state index < -0.39 is 0 Å². The summed E-state index contributed by atoms with van der Waals surface area (Å²) in [4.78, 5) is 9.44. The van der Waals surface area contributed by atoms with Crippen LogP contribution in [0, 0.1) is 11.3 Å². The zero-order valence-corrected chi connectivity index (χ0v) is 19.5. The van der Waals surface area contributed by atoms with Gasteiger partial charge in [0.25, 0.3) is 5.88 Å². The van der Waals surface area contributed by atoms with Gasteiger partial charge in [-0.1, -0.05) is 79.7 Å². The van der Waals surface area contributed by atoms with E-state index in [2.05, 4.69) is 16.4 Å². The first kappa shape index (κ1) is 22.2. The molecule has 1 N–H and O–H groups in total. The van der Waals surface area contributed by atoms with E-state index in [9.17, 15) is 5.26 Å². The fraction of sp³-hybridized carbons (Fsp3) is 0.138. The Morgan fingerprint density at radius 2 is 1.49 bits per heavy atom. The van der Waals surface area contributed by atoms with Crippen molar-refractivity contribution in [2.75, 3.05) is 5.32 Å². The Morgan fingerprint density at radius 1 is 0.886 bits per heavy atom.